The Kier molecular flexibility index (Phi) is 4.40. The SMILES string of the molecule is O=C(/C=C/c1cccc(F)c1)Nc1cccc([N+](=O)[O-])c1. The summed E-state index contributed by atoms with van der Waals surface area (Å²) < 4.78 is 13.0. The maximum atomic E-state index is 13.0. The molecule has 0 spiro atoms. The molecule has 0 aliphatic carbocycles. The van der Waals surface area contributed by atoms with Gasteiger partial charge in [0.1, 0.15) is 5.82 Å². The number of nitrogens with zero attached hydrogens (tertiary/aromatic N) is 1. The van der Waals surface area contributed by atoms with Crippen molar-refractivity contribution in [3.8, 4) is 0 Å². The topological polar surface area (TPSA) is 72.2 Å². The first-order valence-corrected chi connectivity index (χ1v) is 6.04. The van der Waals surface area contributed by atoms with Crippen molar-refractivity contribution in [3.05, 3.63) is 76.1 Å². The van der Waals surface area contributed by atoms with Gasteiger partial charge in [0.05, 0.1) is 4.92 Å². The largest absolute Gasteiger partial charge is 0.322 e. The molecule has 0 radical (unpaired) electrons. The zero-order valence-corrected chi connectivity index (χ0v) is 10.8. The van der Waals surface area contributed by atoms with Crippen LogP contribution in [0.15, 0.2) is 54.6 Å². The highest BCUT2D eigenvalue weighted by Gasteiger charge is 2.06. The number of carbonyl (C=O) groups is 1. The Balaban J connectivity index is 2.05. The zero-order valence-electron chi connectivity index (χ0n) is 10.8. The quantitative estimate of drug-likeness (QED) is 0.532. The number of carbonyl (C=O) groups excluding carboxylic acids is 1. The number of non-ortho nitro benzene ring substituents is 1. The second kappa shape index (κ2) is 6.42. The van der Waals surface area contributed by atoms with E-state index in [-0.39, 0.29) is 5.69 Å². The van der Waals surface area contributed by atoms with E-state index in [0.29, 0.717) is 11.3 Å². The van der Waals surface area contributed by atoms with Gasteiger partial charge in [0.25, 0.3) is 5.69 Å². The smallest absolute Gasteiger partial charge is 0.271 e. The molecule has 2 rings (SSSR count). The fraction of sp³-hybridized carbons (Fsp3) is 0. The summed E-state index contributed by atoms with van der Waals surface area (Å²) in [4.78, 5) is 21.8. The fourth-order valence-corrected chi connectivity index (χ4v) is 1.66. The predicted molar refractivity (Wildman–Crippen MR) is 77.2 cm³/mol. The molecule has 0 fully saturated rings. The number of anilines is 1. The highest BCUT2D eigenvalue weighted by Crippen LogP contribution is 2.17. The lowest BCUT2D eigenvalue weighted by atomic mass is 10.2. The monoisotopic (exact) mass is 286 g/mol. The van der Waals surface area contributed by atoms with Gasteiger partial charge in [-0.1, -0.05) is 18.2 Å². The van der Waals surface area contributed by atoms with Crippen LogP contribution in [0.25, 0.3) is 6.08 Å². The molecule has 21 heavy (non-hydrogen) atoms. The van der Waals surface area contributed by atoms with Crippen molar-refractivity contribution in [2.45, 2.75) is 0 Å². The minimum Gasteiger partial charge on any atom is -0.322 e. The maximum Gasteiger partial charge on any atom is 0.271 e. The Hall–Kier alpha value is -3.02. The molecule has 106 valence electrons. The number of hydrogen-bond donors (Lipinski definition) is 1. The summed E-state index contributed by atoms with van der Waals surface area (Å²) in [5, 5.41) is 13.1. The van der Waals surface area contributed by atoms with E-state index in [1.54, 1.807) is 12.1 Å². The molecule has 1 N–H and O–H groups in total. The number of nitro benzene ring substituents is 1. The van der Waals surface area contributed by atoms with E-state index < -0.39 is 16.6 Å². The third-order valence-electron chi connectivity index (χ3n) is 2.60. The van der Waals surface area contributed by atoms with Crippen molar-refractivity contribution in [2.75, 3.05) is 5.32 Å². The summed E-state index contributed by atoms with van der Waals surface area (Å²) in [7, 11) is 0. The molecular weight excluding hydrogens is 275 g/mol. The minimum absolute atomic E-state index is 0.109. The molecule has 0 aliphatic heterocycles. The Labute approximate surface area is 119 Å². The van der Waals surface area contributed by atoms with E-state index in [0.717, 1.165) is 0 Å². The van der Waals surface area contributed by atoms with Crippen LogP contribution in [0.4, 0.5) is 15.8 Å². The summed E-state index contributed by atoms with van der Waals surface area (Å²) in [5.41, 5.74) is 0.754. The first-order valence-electron chi connectivity index (χ1n) is 6.04. The van der Waals surface area contributed by atoms with E-state index in [9.17, 15) is 19.3 Å². The lowest BCUT2D eigenvalue weighted by Gasteiger charge is -2.01. The first-order chi connectivity index (χ1) is 10.0. The van der Waals surface area contributed by atoms with Crippen LogP contribution in [-0.4, -0.2) is 10.8 Å². The fourth-order valence-electron chi connectivity index (χ4n) is 1.66. The van der Waals surface area contributed by atoms with Crippen molar-refractivity contribution in [1.29, 1.82) is 0 Å². The highest BCUT2D eigenvalue weighted by atomic mass is 19.1. The average Bonchev–Trinajstić information content (AvgIpc) is 2.45. The molecule has 2 aromatic rings. The predicted octanol–water partition coefficient (Wildman–Crippen LogP) is 3.39. The third kappa shape index (κ3) is 4.24. The Bertz CT molecular complexity index is 714. The summed E-state index contributed by atoms with van der Waals surface area (Å²) in [6.07, 6.45) is 2.68. The molecule has 0 atom stereocenters. The van der Waals surface area contributed by atoms with Gasteiger partial charge in [-0.25, -0.2) is 4.39 Å². The van der Waals surface area contributed by atoms with Crippen LogP contribution in [0.5, 0.6) is 0 Å². The highest BCUT2D eigenvalue weighted by molar-refractivity contribution is 6.02. The lowest BCUT2D eigenvalue weighted by molar-refractivity contribution is -0.384. The molecule has 2 aromatic carbocycles. The van der Waals surface area contributed by atoms with Gasteiger partial charge in [0.15, 0.2) is 0 Å². The van der Waals surface area contributed by atoms with Gasteiger partial charge in [-0.05, 0) is 29.8 Å². The molecule has 0 unspecified atom stereocenters. The van der Waals surface area contributed by atoms with Crippen LogP contribution in [0.2, 0.25) is 0 Å². The van der Waals surface area contributed by atoms with Crippen molar-refractivity contribution in [2.24, 2.45) is 0 Å². The number of hydrogen-bond acceptors (Lipinski definition) is 3. The molecule has 0 aromatic heterocycles. The van der Waals surface area contributed by atoms with E-state index in [4.69, 9.17) is 0 Å². The summed E-state index contributed by atoms with van der Waals surface area (Å²) in [6, 6.07) is 11.4. The second-order valence-corrected chi connectivity index (χ2v) is 4.19. The molecule has 0 saturated carbocycles. The van der Waals surface area contributed by atoms with E-state index in [1.165, 1.54) is 48.6 Å². The number of benzene rings is 2. The summed E-state index contributed by atoms with van der Waals surface area (Å²) in [5.74, 6) is -0.851. The van der Waals surface area contributed by atoms with Crippen molar-refractivity contribution >= 4 is 23.4 Å². The number of nitro groups is 1. The van der Waals surface area contributed by atoms with Crippen LogP contribution in [0, 0.1) is 15.9 Å². The zero-order chi connectivity index (χ0) is 15.2. The van der Waals surface area contributed by atoms with Crippen LogP contribution >= 0.6 is 0 Å². The van der Waals surface area contributed by atoms with Crippen LogP contribution in [0.1, 0.15) is 5.56 Å². The number of halogens is 1. The molecule has 1 amide bonds. The number of rotatable bonds is 4. The average molecular weight is 286 g/mol. The standard InChI is InChI=1S/C15H11FN2O3/c16-12-4-1-3-11(9-12)7-8-15(19)17-13-5-2-6-14(10-13)18(20)21/h1-10H,(H,17,19)/b8-7+. The molecule has 0 heterocycles. The number of amides is 1. The summed E-state index contributed by atoms with van der Waals surface area (Å²) >= 11 is 0. The molecule has 5 nitrogen and oxygen atoms in total. The lowest BCUT2D eigenvalue weighted by Crippen LogP contribution is -2.07. The van der Waals surface area contributed by atoms with E-state index in [2.05, 4.69) is 5.32 Å². The van der Waals surface area contributed by atoms with Gasteiger partial charge < -0.3 is 5.32 Å². The van der Waals surface area contributed by atoms with Gasteiger partial charge in [-0.3, -0.25) is 14.9 Å². The Morgan fingerprint density at radius 2 is 1.95 bits per heavy atom. The van der Waals surface area contributed by atoms with Gasteiger partial charge in [-0.2, -0.15) is 0 Å². The minimum atomic E-state index is -0.543. The second-order valence-electron chi connectivity index (χ2n) is 4.19. The van der Waals surface area contributed by atoms with Crippen molar-refractivity contribution in [3.63, 3.8) is 0 Å². The maximum absolute atomic E-state index is 13.0. The molecule has 6 heteroatoms. The van der Waals surface area contributed by atoms with Gasteiger partial charge in [-0.15, -0.1) is 0 Å². The van der Waals surface area contributed by atoms with Crippen LogP contribution < -0.4 is 5.32 Å². The van der Waals surface area contributed by atoms with Gasteiger partial charge in [0.2, 0.25) is 5.91 Å². The third-order valence-corrected chi connectivity index (χ3v) is 2.60. The molecule has 0 saturated heterocycles. The molecule has 0 aliphatic rings. The first kappa shape index (κ1) is 14.4. The Morgan fingerprint density at radius 3 is 2.67 bits per heavy atom. The van der Waals surface area contributed by atoms with Gasteiger partial charge >= 0.3 is 0 Å². The normalized spacial score (nSPS) is 10.5. The van der Waals surface area contributed by atoms with Crippen LogP contribution in [-0.2, 0) is 4.79 Å². The molecule has 0 bridgehead atoms. The van der Waals surface area contributed by atoms with Crippen molar-refractivity contribution in [1.82, 2.24) is 0 Å². The van der Waals surface area contributed by atoms with E-state index >= 15 is 0 Å². The molecular formula is C15H11FN2O3. The van der Waals surface area contributed by atoms with Crippen LogP contribution in [0.3, 0.4) is 0 Å². The van der Waals surface area contributed by atoms with Gasteiger partial charge in [0, 0.05) is 23.9 Å². The number of nitrogens with one attached hydrogen (secondary N) is 1. The van der Waals surface area contributed by atoms with E-state index in [1.807, 2.05) is 0 Å². The van der Waals surface area contributed by atoms with Crippen molar-refractivity contribution < 1.29 is 14.1 Å². The Morgan fingerprint density at radius 1 is 1.19 bits per heavy atom. The summed E-state index contributed by atoms with van der Waals surface area (Å²) in [6.45, 7) is 0.